The van der Waals surface area contributed by atoms with Crippen molar-refractivity contribution >= 4 is 17.7 Å². The van der Waals surface area contributed by atoms with Crippen LogP contribution in [0, 0.1) is 0 Å². The fraction of sp³-hybridized carbons (Fsp3) is 0.333. The number of hydrogen-bond donors (Lipinski definition) is 2. The topological polar surface area (TPSA) is 106 Å². The summed E-state index contributed by atoms with van der Waals surface area (Å²) < 4.78 is 6.26. The molecule has 2 aromatic carbocycles. The van der Waals surface area contributed by atoms with Crippen molar-refractivity contribution in [3.8, 4) is 11.3 Å². The smallest absolute Gasteiger partial charge is 0.411 e. The lowest BCUT2D eigenvalue weighted by atomic mass is 10.1. The summed E-state index contributed by atoms with van der Waals surface area (Å²) in [4.78, 5) is 38.9. The molecule has 3 aromatic rings. The van der Waals surface area contributed by atoms with E-state index in [1.165, 1.54) is 10.7 Å². The molecule has 9 nitrogen and oxygen atoms in total. The SMILES string of the molecule is CCOC(=O)Nc1cccc(Cn2nc(-c3cccc(C(=O)NCCCCN(C)C)c3)ccc2=O)c1. The van der Waals surface area contributed by atoms with Gasteiger partial charge in [-0.15, -0.1) is 0 Å². The Morgan fingerprint density at radius 2 is 1.83 bits per heavy atom. The van der Waals surface area contributed by atoms with E-state index in [1.54, 1.807) is 49.4 Å². The molecule has 190 valence electrons. The second kappa shape index (κ2) is 13.2. The predicted octanol–water partition coefficient (Wildman–Crippen LogP) is 3.60. The molecule has 0 aliphatic rings. The van der Waals surface area contributed by atoms with Crippen LogP contribution in [0.1, 0.15) is 35.7 Å². The number of unbranched alkanes of at least 4 members (excludes halogenated alkanes) is 1. The summed E-state index contributed by atoms with van der Waals surface area (Å²) in [6.07, 6.45) is 1.39. The minimum atomic E-state index is -0.538. The van der Waals surface area contributed by atoms with Gasteiger partial charge in [0.2, 0.25) is 0 Å². The highest BCUT2D eigenvalue weighted by molar-refractivity contribution is 5.95. The van der Waals surface area contributed by atoms with E-state index in [0.29, 0.717) is 23.5 Å². The number of rotatable bonds is 11. The Hall–Kier alpha value is -3.98. The van der Waals surface area contributed by atoms with Crippen molar-refractivity contribution in [3.05, 3.63) is 82.1 Å². The lowest BCUT2D eigenvalue weighted by Gasteiger charge is -2.11. The van der Waals surface area contributed by atoms with E-state index in [2.05, 4.69) is 20.6 Å². The standard InChI is InChI=1S/C27H33N5O4/c1-4-36-27(35)29-23-12-7-9-20(17-23)19-32-25(33)14-13-24(30-32)21-10-8-11-22(18-21)26(34)28-15-5-6-16-31(2)3/h7-14,17-18H,4-6,15-16,19H2,1-3H3,(H,28,34)(H,29,35). The molecule has 0 spiro atoms. The molecule has 3 rings (SSSR count). The normalized spacial score (nSPS) is 10.8. The highest BCUT2D eigenvalue weighted by Gasteiger charge is 2.10. The molecule has 0 bridgehead atoms. The molecule has 0 fully saturated rings. The number of aromatic nitrogens is 2. The Labute approximate surface area is 211 Å². The van der Waals surface area contributed by atoms with Gasteiger partial charge in [-0.25, -0.2) is 9.48 Å². The highest BCUT2D eigenvalue weighted by Crippen LogP contribution is 2.18. The van der Waals surface area contributed by atoms with E-state index < -0.39 is 6.09 Å². The lowest BCUT2D eigenvalue weighted by molar-refractivity contribution is 0.0952. The molecule has 9 heteroatoms. The van der Waals surface area contributed by atoms with E-state index in [1.807, 2.05) is 26.2 Å². The van der Waals surface area contributed by atoms with Gasteiger partial charge in [0.05, 0.1) is 18.8 Å². The number of ether oxygens (including phenoxy) is 1. The van der Waals surface area contributed by atoms with Gasteiger partial charge in [-0.3, -0.25) is 14.9 Å². The number of carbonyl (C=O) groups is 2. The number of hydrogen-bond acceptors (Lipinski definition) is 6. The number of benzene rings is 2. The fourth-order valence-electron chi connectivity index (χ4n) is 3.60. The van der Waals surface area contributed by atoms with Crippen LogP contribution in [0.5, 0.6) is 0 Å². The van der Waals surface area contributed by atoms with E-state index in [9.17, 15) is 14.4 Å². The van der Waals surface area contributed by atoms with Crippen LogP contribution >= 0.6 is 0 Å². The summed E-state index contributed by atoms with van der Waals surface area (Å²) in [5, 5.41) is 10.1. The zero-order valence-electron chi connectivity index (χ0n) is 21.0. The molecule has 0 aliphatic carbocycles. The first kappa shape index (κ1) is 26.6. The van der Waals surface area contributed by atoms with E-state index >= 15 is 0 Å². The van der Waals surface area contributed by atoms with Gasteiger partial charge in [-0.1, -0.05) is 24.3 Å². The Balaban J connectivity index is 1.71. The third kappa shape index (κ3) is 8.06. The molecule has 0 radical (unpaired) electrons. The quantitative estimate of drug-likeness (QED) is 0.397. The van der Waals surface area contributed by atoms with Crippen LogP contribution in [-0.4, -0.2) is 60.5 Å². The largest absolute Gasteiger partial charge is 0.450 e. The van der Waals surface area contributed by atoms with Crippen molar-refractivity contribution in [1.29, 1.82) is 0 Å². The third-order valence-corrected chi connectivity index (χ3v) is 5.39. The molecule has 0 saturated carbocycles. The monoisotopic (exact) mass is 491 g/mol. The molecular formula is C27H33N5O4. The zero-order chi connectivity index (χ0) is 25.9. The first-order valence-electron chi connectivity index (χ1n) is 12.0. The molecule has 0 aliphatic heterocycles. The summed E-state index contributed by atoms with van der Waals surface area (Å²) in [5.41, 5.74) is 2.96. The Bertz CT molecular complexity index is 1240. The van der Waals surface area contributed by atoms with Crippen molar-refractivity contribution in [2.24, 2.45) is 0 Å². The van der Waals surface area contributed by atoms with E-state index in [0.717, 1.165) is 30.5 Å². The van der Waals surface area contributed by atoms with Gasteiger partial charge in [0.15, 0.2) is 0 Å². The molecule has 2 amide bonds. The van der Waals surface area contributed by atoms with Gasteiger partial charge in [0.25, 0.3) is 11.5 Å². The molecule has 0 unspecified atom stereocenters. The van der Waals surface area contributed by atoms with Crippen molar-refractivity contribution in [3.63, 3.8) is 0 Å². The molecule has 2 N–H and O–H groups in total. The number of nitrogens with zero attached hydrogens (tertiary/aromatic N) is 3. The van der Waals surface area contributed by atoms with Crippen LogP contribution in [0.2, 0.25) is 0 Å². The summed E-state index contributed by atoms with van der Waals surface area (Å²) in [5.74, 6) is -0.138. The summed E-state index contributed by atoms with van der Waals surface area (Å²) >= 11 is 0. The van der Waals surface area contributed by atoms with Gasteiger partial charge in [0.1, 0.15) is 0 Å². The Morgan fingerprint density at radius 3 is 2.61 bits per heavy atom. The van der Waals surface area contributed by atoms with Gasteiger partial charge < -0.3 is 15.0 Å². The van der Waals surface area contributed by atoms with Crippen LogP contribution in [0.3, 0.4) is 0 Å². The maximum atomic E-state index is 12.6. The van der Waals surface area contributed by atoms with Crippen LogP contribution in [-0.2, 0) is 11.3 Å². The highest BCUT2D eigenvalue weighted by atomic mass is 16.5. The first-order valence-corrected chi connectivity index (χ1v) is 12.0. The van der Waals surface area contributed by atoms with Crippen molar-refractivity contribution in [2.75, 3.05) is 39.1 Å². The fourth-order valence-corrected chi connectivity index (χ4v) is 3.60. The molecule has 0 saturated heterocycles. The summed E-state index contributed by atoms with van der Waals surface area (Å²) in [6.45, 7) is 3.83. The molecule has 36 heavy (non-hydrogen) atoms. The van der Waals surface area contributed by atoms with Crippen LogP contribution < -0.4 is 16.2 Å². The minimum Gasteiger partial charge on any atom is -0.450 e. The van der Waals surface area contributed by atoms with Crippen LogP contribution in [0.25, 0.3) is 11.3 Å². The molecule has 0 atom stereocenters. The van der Waals surface area contributed by atoms with Crippen molar-refractivity contribution < 1.29 is 14.3 Å². The average molecular weight is 492 g/mol. The summed E-state index contributed by atoms with van der Waals surface area (Å²) in [6, 6.07) is 17.4. The average Bonchev–Trinajstić information content (AvgIpc) is 2.85. The van der Waals surface area contributed by atoms with E-state index in [4.69, 9.17) is 4.74 Å². The van der Waals surface area contributed by atoms with Crippen molar-refractivity contribution in [2.45, 2.75) is 26.3 Å². The van der Waals surface area contributed by atoms with Gasteiger partial charge in [-0.05, 0) is 76.3 Å². The van der Waals surface area contributed by atoms with Crippen molar-refractivity contribution in [1.82, 2.24) is 20.0 Å². The second-order valence-corrected chi connectivity index (χ2v) is 8.61. The molecular weight excluding hydrogens is 458 g/mol. The second-order valence-electron chi connectivity index (χ2n) is 8.61. The Morgan fingerprint density at radius 1 is 1.03 bits per heavy atom. The molecule has 1 heterocycles. The van der Waals surface area contributed by atoms with Gasteiger partial charge >= 0.3 is 6.09 Å². The maximum absolute atomic E-state index is 12.6. The van der Waals surface area contributed by atoms with Crippen LogP contribution in [0.4, 0.5) is 10.5 Å². The number of carbonyl (C=O) groups excluding carboxylic acids is 2. The van der Waals surface area contributed by atoms with E-state index in [-0.39, 0.29) is 24.6 Å². The minimum absolute atomic E-state index is 0.138. The summed E-state index contributed by atoms with van der Waals surface area (Å²) in [7, 11) is 4.06. The van der Waals surface area contributed by atoms with Crippen LogP contribution in [0.15, 0.2) is 65.5 Å². The zero-order valence-corrected chi connectivity index (χ0v) is 21.0. The number of nitrogens with one attached hydrogen (secondary N) is 2. The molecule has 1 aromatic heterocycles. The first-order chi connectivity index (χ1) is 17.4. The lowest BCUT2D eigenvalue weighted by Crippen LogP contribution is -2.25. The maximum Gasteiger partial charge on any atom is 0.411 e. The Kier molecular flexibility index (Phi) is 9.76. The third-order valence-electron chi connectivity index (χ3n) is 5.39. The number of anilines is 1. The predicted molar refractivity (Wildman–Crippen MR) is 140 cm³/mol. The van der Waals surface area contributed by atoms with Gasteiger partial charge in [-0.2, -0.15) is 5.10 Å². The number of amides is 2. The van der Waals surface area contributed by atoms with Gasteiger partial charge in [0, 0.05) is 29.4 Å².